The molecule has 1 atom stereocenters. The summed E-state index contributed by atoms with van der Waals surface area (Å²) < 4.78 is 1.90. The van der Waals surface area contributed by atoms with E-state index in [4.69, 9.17) is 0 Å². The van der Waals surface area contributed by atoms with Gasteiger partial charge in [-0.1, -0.05) is 11.8 Å². The summed E-state index contributed by atoms with van der Waals surface area (Å²) in [5.41, 5.74) is -0.958. The number of piperidine rings is 1. The molecule has 0 amide bonds. The molecule has 1 aliphatic heterocycles. The highest BCUT2D eigenvalue weighted by Crippen LogP contribution is 2.30. The van der Waals surface area contributed by atoms with Crippen LogP contribution in [-0.4, -0.2) is 43.4 Å². The first-order valence-electron chi connectivity index (χ1n) is 9.04. The van der Waals surface area contributed by atoms with Gasteiger partial charge in [0.2, 0.25) is 0 Å². The molecule has 140 valence electrons. The number of imidazole rings is 1. The number of rotatable bonds is 4. The molecule has 0 aliphatic carbocycles. The van der Waals surface area contributed by atoms with Gasteiger partial charge in [0.1, 0.15) is 17.5 Å². The fourth-order valence-electron chi connectivity index (χ4n) is 3.26. The number of aromatic nitrogens is 2. The van der Waals surface area contributed by atoms with E-state index in [1.807, 2.05) is 23.9 Å². The Hall–Kier alpha value is -1.65. The lowest BCUT2D eigenvalue weighted by atomic mass is 9.90. The summed E-state index contributed by atoms with van der Waals surface area (Å²) in [5, 5.41) is 20.3. The molecule has 0 unspecified atom stereocenters. The molecule has 1 fully saturated rings. The number of thiophene rings is 1. The van der Waals surface area contributed by atoms with Crippen molar-refractivity contribution < 1.29 is 10.2 Å². The lowest BCUT2D eigenvalue weighted by Crippen LogP contribution is -2.35. The van der Waals surface area contributed by atoms with E-state index in [0.29, 0.717) is 0 Å². The Morgan fingerprint density at radius 2 is 2.08 bits per heavy atom. The minimum atomic E-state index is -0.958. The second-order valence-electron chi connectivity index (χ2n) is 7.53. The summed E-state index contributed by atoms with van der Waals surface area (Å²) in [6.07, 6.45) is 5.09. The summed E-state index contributed by atoms with van der Waals surface area (Å²) in [7, 11) is 1.93. The van der Waals surface area contributed by atoms with Crippen molar-refractivity contribution in [2.24, 2.45) is 13.0 Å². The first-order chi connectivity index (χ1) is 12.3. The fourth-order valence-corrected chi connectivity index (χ4v) is 4.17. The Morgan fingerprint density at radius 3 is 2.69 bits per heavy atom. The first-order valence-corrected chi connectivity index (χ1v) is 9.85. The smallest absolute Gasteiger partial charge is 0.137 e. The Kier molecular flexibility index (Phi) is 5.83. The van der Waals surface area contributed by atoms with Crippen molar-refractivity contribution in [1.29, 1.82) is 0 Å². The highest BCUT2D eigenvalue weighted by Gasteiger charge is 2.28. The second kappa shape index (κ2) is 7.93. The molecule has 2 aromatic heterocycles. The number of nitrogens with zero attached hydrogens (tertiary/aromatic N) is 3. The maximum atomic E-state index is 10.6. The average molecular weight is 374 g/mol. The third-order valence-electron chi connectivity index (χ3n) is 4.73. The molecule has 3 heterocycles. The molecule has 2 N–H and O–H groups in total. The monoisotopic (exact) mass is 373 g/mol. The van der Waals surface area contributed by atoms with Crippen molar-refractivity contribution in [3.05, 3.63) is 40.1 Å². The van der Waals surface area contributed by atoms with Crippen molar-refractivity contribution in [3.63, 3.8) is 0 Å². The zero-order chi connectivity index (χ0) is 18.7. The zero-order valence-electron chi connectivity index (χ0n) is 15.6. The minimum absolute atomic E-state index is 0.267. The molecule has 0 saturated carbocycles. The van der Waals surface area contributed by atoms with Crippen LogP contribution in [0.5, 0.6) is 0 Å². The predicted molar refractivity (Wildman–Crippen MR) is 104 cm³/mol. The van der Waals surface area contributed by atoms with Gasteiger partial charge in [0.05, 0.1) is 4.88 Å². The molecule has 1 saturated heterocycles. The van der Waals surface area contributed by atoms with Crippen LogP contribution in [0.1, 0.15) is 48.4 Å². The maximum absolute atomic E-state index is 10.6. The Bertz CT molecular complexity index is 786. The van der Waals surface area contributed by atoms with E-state index in [0.717, 1.165) is 43.2 Å². The van der Waals surface area contributed by atoms with Crippen LogP contribution in [0.2, 0.25) is 0 Å². The molecule has 26 heavy (non-hydrogen) atoms. The van der Waals surface area contributed by atoms with Crippen LogP contribution in [-0.2, 0) is 13.6 Å². The van der Waals surface area contributed by atoms with E-state index < -0.39 is 11.7 Å². The first kappa shape index (κ1) is 19.1. The SMILES string of the molecule is Cn1ccnc1[C@@H](O)C1CCN(Cc2ccc(C#CC(C)(C)O)s2)CC1. The standard InChI is InChI=1S/C20H27N3O2S/c1-20(2,25)9-6-16-4-5-17(26-16)14-23-11-7-15(8-12-23)18(24)19-21-10-13-22(19)3/h4-5,10,13,15,18,24-25H,7-8,11-12,14H2,1-3H3/t18-/m0/s1. The largest absolute Gasteiger partial charge is 0.385 e. The van der Waals surface area contributed by atoms with Crippen molar-refractivity contribution in [2.45, 2.75) is 44.9 Å². The van der Waals surface area contributed by atoms with Gasteiger partial charge in [0.15, 0.2) is 0 Å². The van der Waals surface area contributed by atoms with Gasteiger partial charge < -0.3 is 14.8 Å². The molecule has 6 heteroatoms. The number of likely N-dealkylation sites (tertiary alicyclic amines) is 1. The summed E-state index contributed by atoms with van der Waals surface area (Å²) in [6.45, 7) is 6.26. The van der Waals surface area contributed by atoms with E-state index in [1.54, 1.807) is 31.4 Å². The second-order valence-corrected chi connectivity index (χ2v) is 8.70. The van der Waals surface area contributed by atoms with Crippen LogP contribution in [0, 0.1) is 17.8 Å². The van der Waals surface area contributed by atoms with Gasteiger partial charge in [-0.25, -0.2) is 4.98 Å². The fraction of sp³-hybridized carbons (Fsp3) is 0.550. The molecule has 1 aliphatic rings. The van der Waals surface area contributed by atoms with Gasteiger partial charge in [0.25, 0.3) is 0 Å². The van der Waals surface area contributed by atoms with Gasteiger partial charge >= 0.3 is 0 Å². The predicted octanol–water partition coefficient (Wildman–Crippen LogP) is 2.55. The summed E-state index contributed by atoms with van der Waals surface area (Å²) in [6, 6.07) is 4.14. The van der Waals surface area contributed by atoms with E-state index in [2.05, 4.69) is 27.8 Å². The van der Waals surface area contributed by atoms with Crippen LogP contribution in [0.15, 0.2) is 24.5 Å². The van der Waals surface area contributed by atoms with Crippen LogP contribution in [0.4, 0.5) is 0 Å². The topological polar surface area (TPSA) is 61.5 Å². The van der Waals surface area contributed by atoms with Gasteiger partial charge in [-0.05, 0) is 57.8 Å². The molecule has 0 aromatic carbocycles. The van der Waals surface area contributed by atoms with Crippen molar-refractivity contribution in [3.8, 4) is 11.8 Å². The molecular weight excluding hydrogens is 346 g/mol. The lowest BCUT2D eigenvalue weighted by Gasteiger charge is -2.33. The Morgan fingerprint density at radius 1 is 1.35 bits per heavy atom. The summed E-state index contributed by atoms with van der Waals surface area (Å²) in [4.78, 5) is 8.99. The molecule has 0 spiro atoms. The minimum Gasteiger partial charge on any atom is -0.385 e. The van der Waals surface area contributed by atoms with E-state index in [-0.39, 0.29) is 5.92 Å². The maximum Gasteiger partial charge on any atom is 0.137 e. The average Bonchev–Trinajstić information content (AvgIpc) is 3.21. The van der Waals surface area contributed by atoms with E-state index >= 15 is 0 Å². The highest BCUT2D eigenvalue weighted by molar-refractivity contribution is 7.12. The van der Waals surface area contributed by atoms with Gasteiger partial charge in [-0.15, -0.1) is 11.3 Å². The summed E-state index contributed by atoms with van der Waals surface area (Å²) >= 11 is 1.69. The van der Waals surface area contributed by atoms with Crippen LogP contribution in [0.25, 0.3) is 0 Å². The van der Waals surface area contributed by atoms with Crippen molar-refractivity contribution >= 4 is 11.3 Å². The highest BCUT2D eigenvalue weighted by atomic mass is 32.1. The quantitative estimate of drug-likeness (QED) is 0.809. The lowest BCUT2D eigenvalue weighted by molar-refractivity contribution is 0.0494. The van der Waals surface area contributed by atoms with Crippen LogP contribution >= 0.6 is 11.3 Å². The van der Waals surface area contributed by atoms with Crippen LogP contribution in [0.3, 0.4) is 0 Å². The number of aliphatic hydroxyl groups excluding tert-OH is 1. The zero-order valence-corrected chi connectivity index (χ0v) is 16.5. The van der Waals surface area contributed by atoms with E-state index in [1.165, 1.54) is 4.88 Å². The molecule has 5 nitrogen and oxygen atoms in total. The Labute approximate surface area is 159 Å². The van der Waals surface area contributed by atoms with Crippen molar-refractivity contribution in [2.75, 3.05) is 13.1 Å². The molecule has 0 radical (unpaired) electrons. The number of aliphatic hydroxyl groups is 2. The molecule has 0 bridgehead atoms. The van der Waals surface area contributed by atoms with Crippen molar-refractivity contribution in [1.82, 2.24) is 14.5 Å². The number of aryl methyl sites for hydroxylation is 1. The van der Waals surface area contributed by atoms with Crippen LogP contribution < -0.4 is 0 Å². The third kappa shape index (κ3) is 4.95. The molecule has 3 rings (SSSR count). The number of hydrogen-bond acceptors (Lipinski definition) is 5. The third-order valence-corrected chi connectivity index (χ3v) is 5.72. The van der Waals surface area contributed by atoms with Gasteiger partial charge in [0, 0.05) is 30.9 Å². The summed E-state index contributed by atoms with van der Waals surface area (Å²) in [5.74, 6) is 6.93. The Balaban J connectivity index is 1.52. The van der Waals surface area contributed by atoms with E-state index in [9.17, 15) is 10.2 Å². The molecule has 2 aromatic rings. The van der Waals surface area contributed by atoms with Gasteiger partial charge in [-0.2, -0.15) is 0 Å². The normalized spacial score (nSPS) is 17.7. The number of hydrogen-bond donors (Lipinski definition) is 2. The molecular formula is C20H27N3O2S. The van der Waals surface area contributed by atoms with Gasteiger partial charge in [-0.3, -0.25) is 4.90 Å².